The monoisotopic (exact) mass is 288 g/mol. The van der Waals surface area contributed by atoms with Crippen LogP contribution in [0.15, 0.2) is 24.3 Å². The molecule has 1 aliphatic heterocycles. The van der Waals surface area contributed by atoms with Crippen molar-refractivity contribution < 1.29 is 9.53 Å². The molecule has 1 unspecified atom stereocenters. The summed E-state index contributed by atoms with van der Waals surface area (Å²) < 4.78 is 5.05. The highest BCUT2D eigenvalue weighted by Gasteiger charge is 2.23. The number of hydrogen-bond acceptors (Lipinski definition) is 4. The average molecular weight is 288 g/mol. The van der Waals surface area contributed by atoms with Crippen LogP contribution in [0.5, 0.6) is 0 Å². The second kappa shape index (κ2) is 7.62. The van der Waals surface area contributed by atoms with E-state index in [1.165, 1.54) is 0 Å². The van der Waals surface area contributed by atoms with Crippen LogP contribution in [0.25, 0.3) is 0 Å². The third-order valence-electron chi connectivity index (χ3n) is 3.47. The van der Waals surface area contributed by atoms with Crippen molar-refractivity contribution in [3.8, 4) is 6.07 Å². The minimum absolute atomic E-state index is 0.154. The Hall–Kier alpha value is -2.10. The zero-order valence-electron chi connectivity index (χ0n) is 12.1. The van der Waals surface area contributed by atoms with Gasteiger partial charge in [0.2, 0.25) is 0 Å². The van der Waals surface area contributed by atoms with Crippen molar-refractivity contribution in [2.45, 2.75) is 12.5 Å². The van der Waals surface area contributed by atoms with Gasteiger partial charge in [-0.3, -0.25) is 4.90 Å². The number of amides is 2. The van der Waals surface area contributed by atoms with Gasteiger partial charge in [-0.15, -0.1) is 0 Å². The maximum absolute atomic E-state index is 11.9. The van der Waals surface area contributed by atoms with Gasteiger partial charge < -0.3 is 15.4 Å². The van der Waals surface area contributed by atoms with Crippen LogP contribution in [0.3, 0.4) is 0 Å². The van der Waals surface area contributed by atoms with Gasteiger partial charge >= 0.3 is 6.03 Å². The van der Waals surface area contributed by atoms with E-state index in [0.29, 0.717) is 17.9 Å². The van der Waals surface area contributed by atoms with E-state index in [-0.39, 0.29) is 12.1 Å². The number of rotatable bonds is 5. The molecule has 6 heteroatoms. The van der Waals surface area contributed by atoms with Gasteiger partial charge in [-0.2, -0.15) is 5.26 Å². The van der Waals surface area contributed by atoms with E-state index in [1.807, 2.05) is 6.07 Å². The molecule has 1 saturated heterocycles. The molecule has 2 amide bonds. The van der Waals surface area contributed by atoms with Crippen molar-refractivity contribution in [3.05, 3.63) is 29.8 Å². The van der Waals surface area contributed by atoms with E-state index < -0.39 is 0 Å². The molecule has 1 atom stereocenters. The van der Waals surface area contributed by atoms with E-state index in [4.69, 9.17) is 10.00 Å². The fraction of sp³-hybridized carbons (Fsp3) is 0.467. The number of carbonyl (C=O) groups excluding carboxylic acids is 1. The molecule has 2 N–H and O–H groups in total. The van der Waals surface area contributed by atoms with Crippen LogP contribution in [0.1, 0.15) is 12.0 Å². The Labute approximate surface area is 124 Å². The number of nitrogens with zero attached hydrogens (tertiary/aromatic N) is 2. The number of methoxy groups -OCH3 is 1. The molecule has 1 fully saturated rings. The standard InChI is InChI=1S/C15H20N4O2/c1-21-8-7-19-6-5-14(11-19)18-15(20)17-13-4-2-3-12(9-13)10-16/h2-4,9,14H,5-8,11H2,1H3,(H2,17,18,20). The summed E-state index contributed by atoms with van der Waals surface area (Å²) in [7, 11) is 1.69. The summed E-state index contributed by atoms with van der Waals surface area (Å²) >= 11 is 0. The number of nitrogens with one attached hydrogen (secondary N) is 2. The highest BCUT2D eigenvalue weighted by Crippen LogP contribution is 2.11. The van der Waals surface area contributed by atoms with E-state index in [2.05, 4.69) is 15.5 Å². The summed E-state index contributed by atoms with van der Waals surface area (Å²) in [4.78, 5) is 14.2. The second-order valence-electron chi connectivity index (χ2n) is 5.07. The largest absolute Gasteiger partial charge is 0.383 e. The first-order chi connectivity index (χ1) is 10.2. The lowest BCUT2D eigenvalue weighted by Gasteiger charge is -2.16. The lowest BCUT2D eigenvalue weighted by Crippen LogP contribution is -2.40. The molecule has 1 heterocycles. The SMILES string of the molecule is COCCN1CCC(NC(=O)Nc2cccc(C#N)c2)C1. The van der Waals surface area contributed by atoms with E-state index in [1.54, 1.807) is 31.4 Å². The van der Waals surface area contributed by atoms with Crippen molar-refractivity contribution >= 4 is 11.7 Å². The normalized spacial score (nSPS) is 18.2. The lowest BCUT2D eigenvalue weighted by molar-refractivity contribution is 0.160. The van der Waals surface area contributed by atoms with Gasteiger partial charge in [-0.05, 0) is 24.6 Å². The molecule has 0 spiro atoms. The van der Waals surface area contributed by atoms with E-state index >= 15 is 0 Å². The number of hydrogen-bond donors (Lipinski definition) is 2. The van der Waals surface area contributed by atoms with Gasteiger partial charge in [0.15, 0.2) is 0 Å². The predicted molar refractivity (Wildman–Crippen MR) is 80.0 cm³/mol. The van der Waals surface area contributed by atoms with Gasteiger partial charge in [0.1, 0.15) is 0 Å². The molecule has 2 rings (SSSR count). The highest BCUT2D eigenvalue weighted by atomic mass is 16.5. The van der Waals surface area contributed by atoms with Crippen LogP contribution >= 0.6 is 0 Å². The van der Waals surface area contributed by atoms with Crippen LogP contribution in [0.4, 0.5) is 10.5 Å². The molecule has 1 aliphatic rings. The maximum atomic E-state index is 11.9. The van der Waals surface area contributed by atoms with E-state index in [9.17, 15) is 4.79 Å². The van der Waals surface area contributed by atoms with Gasteiger partial charge in [0, 0.05) is 38.5 Å². The summed E-state index contributed by atoms with van der Waals surface area (Å²) in [5.41, 5.74) is 1.15. The molecule has 112 valence electrons. The summed E-state index contributed by atoms with van der Waals surface area (Å²) in [6.45, 7) is 3.41. The van der Waals surface area contributed by atoms with Gasteiger partial charge in [-0.25, -0.2) is 4.79 Å². The van der Waals surface area contributed by atoms with E-state index in [0.717, 1.165) is 26.1 Å². The Morgan fingerprint density at radius 2 is 2.43 bits per heavy atom. The summed E-state index contributed by atoms with van der Waals surface area (Å²) in [6, 6.07) is 8.83. The number of anilines is 1. The summed E-state index contributed by atoms with van der Waals surface area (Å²) in [5.74, 6) is 0. The minimum Gasteiger partial charge on any atom is -0.383 e. The van der Waals surface area contributed by atoms with Crippen LogP contribution < -0.4 is 10.6 Å². The van der Waals surface area contributed by atoms with Gasteiger partial charge in [0.25, 0.3) is 0 Å². The predicted octanol–water partition coefficient (Wildman–Crippen LogP) is 1.40. The molecular formula is C15H20N4O2. The molecule has 0 aliphatic carbocycles. The number of ether oxygens (including phenoxy) is 1. The van der Waals surface area contributed by atoms with Gasteiger partial charge in [0.05, 0.1) is 18.2 Å². The van der Waals surface area contributed by atoms with Crippen molar-refractivity contribution in [1.82, 2.24) is 10.2 Å². The zero-order chi connectivity index (χ0) is 15.1. The Kier molecular flexibility index (Phi) is 5.55. The number of benzene rings is 1. The smallest absolute Gasteiger partial charge is 0.319 e. The first-order valence-electron chi connectivity index (χ1n) is 7.00. The molecule has 0 saturated carbocycles. The molecule has 6 nitrogen and oxygen atoms in total. The van der Waals surface area contributed by atoms with Crippen molar-refractivity contribution in [2.24, 2.45) is 0 Å². The maximum Gasteiger partial charge on any atom is 0.319 e. The third kappa shape index (κ3) is 4.74. The van der Waals surface area contributed by atoms with Gasteiger partial charge in [-0.1, -0.05) is 6.07 Å². The fourth-order valence-electron chi connectivity index (χ4n) is 2.39. The lowest BCUT2D eigenvalue weighted by atomic mass is 10.2. The fourth-order valence-corrected chi connectivity index (χ4v) is 2.39. The molecule has 0 radical (unpaired) electrons. The molecule has 1 aromatic carbocycles. The first kappa shape index (κ1) is 15.3. The third-order valence-corrected chi connectivity index (χ3v) is 3.47. The highest BCUT2D eigenvalue weighted by molar-refractivity contribution is 5.89. The molecule has 0 aromatic heterocycles. The number of urea groups is 1. The van der Waals surface area contributed by atoms with Crippen LogP contribution in [0, 0.1) is 11.3 Å². The van der Waals surface area contributed by atoms with Crippen molar-refractivity contribution in [1.29, 1.82) is 5.26 Å². The zero-order valence-corrected chi connectivity index (χ0v) is 12.1. The van der Waals surface area contributed by atoms with Crippen molar-refractivity contribution in [2.75, 3.05) is 38.7 Å². The minimum atomic E-state index is -0.233. The molecule has 1 aromatic rings. The Balaban J connectivity index is 1.78. The molecular weight excluding hydrogens is 268 g/mol. The molecule has 21 heavy (non-hydrogen) atoms. The average Bonchev–Trinajstić information content (AvgIpc) is 2.92. The van der Waals surface area contributed by atoms with Crippen LogP contribution in [0.2, 0.25) is 0 Å². The topological polar surface area (TPSA) is 77.4 Å². The summed E-state index contributed by atoms with van der Waals surface area (Å²) in [6.07, 6.45) is 0.940. The summed E-state index contributed by atoms with van der Waals surface area (Å²) in [5, 5.41) is 14.5. The Morgan fingerprint density at radius 1 is 1.57 bits per heavy atom. The number of nitriles is 1. The first-order valence-corrected chi connectivity index (χ1v) is 7.00. The van der Waals surface area contributed by atoms with Crippen LogP contribution in [-0.4, -0.2) is 50.3 Å². The Morgan fingerprint density at radius 3 is 3.19 bits per heavy atom. The van der Waals surface area contributed by atoms with Crippen LogP contribution in [-0.2, 0) is 4.74 Å². The quantitative estimate of drug-likeness (QED) is 0.858. The Bertz CT molecular complexity index is 527. The number of carbonyl (C=O) groups is 1. The second-order valence-corrected chi connectivity index (χ2v) is 5.07. The molecule has 0 bridgehead atoms. The number of likely N-dealkylation sites (tertiary alicyclic amines) is 1. The van der Waals surface area contributed by atoms with Crippen molar-refractivity contribution in [3.63, 3.8) is 0 Å².